The summed E-state index contributed by atoms with van der Waals surface area (Å²) in [5, 5.41) is 15.2. The normalized spacial score (nSPS) is 12.9. The number of nitrogens with one attached hydrogen (secondary N) is 1. The van der Waals surface area contributed by atoms with Gasteiger partial charge in [0.2, 0.25) is 0 Å². The Hall–Kier alpha value is -1.82. The van der Waals surface area contributed by atoms with Crippen LogP contribution in [-0.4, -0.2) is 32.0 Å². The number of likely N-dealkylation sites (N-methyl/N-ethyl adjacent to an activating group) is 1. The van der Waals surface area contributed by atoms with Gasteiger partial charge < -0.3 is 5.32 Å². The number of hydrogen-bond donors (Lipinski definition) is 1. The Kier molecular flexibility index (Phi) is 3.99. The zero-order chi connectivity index (χ0) is 13.0. The summed E-state index contributed by atoms with van der Waals surface area (Å²) in [4.78, 5) is 4.33. The van der Waals surface area contributed by atoms with Crippen LogP contribution in [0.15, 0.2) is 24.8 Å². The fraction of sp³-hybridized carbons (Fsp3) is 0.500. The molecule has 6 nitrogen and oxygen atoms in total. The molecule has 0 saturated carbocycles. The maximum atomic E-state index is 4.33. The molecule has 1 atom stereocenters. The summed E-state index contributed by atoms with van der Waals surface area (Å²) in [6.45, 7) is 4.20. The van der Waals surface area contributed by atoms with Gasteiger partial charge >= 0.3 is 0 Å². The zero-order valence-corrected chi connectivity index (χ0v) is 10.9. The first-order chi connectivity index (χ1) is 8.72. The van der Waals surface area contributed by atoms with Crippen LogP contribution in [0.25, 0.3) is 0 Å². The van der Waals surface area contributed by atoms with Gasteiger partial charge in [-0.15, -0.1) is 0 Å². The largest absolute Gasteiger partial charge is 0.313 e. The third-order valence-electron chi connectivity index (χ3n) is 2.88. The molecule has 0 fully saturated rings. The van der Waals surface area contributed by atoms with E-state index in [2.05, 4.69) is 39.4 Å². The smallest absolute Gasteiger partial charge is 0.138 e. The lowest BCUT2D eigenvalue weighted by Gasteiger charge is -2.17. The number of aromatic nitrogens is 5. The molecular weight excluding hydrogens is 228 g/mol. The summed E-state index contributed by atoms with van der Waals surface area (Å²) >= 11 is 0. The molecule has 1 unspecified atom stereocenters. The van der Waals surface area contributed by atoms with Crippen molar-refractivity contribution in [1.29, 1.82) is 0 Å². The van der Waals surface area contributed by atoms with Crippen LogP contribution in [-0.2, 0) is 6.42 Å². The van der Waals surface area contributed by atoms with Crippen LogP contribution in [0, 0.1) is 0 Å². The highest BCUT2D eigenvalue weighted by molar-refractivity contribution is 5.13. The van der Waals surface area contributed by atoms with Crippen LogP contribution in [0.2, 0.25) is 0 Å². The monoisotopic (exact) mass is 246 g/mol. The first-order valence-electron chi connectivity index (χ1n) is 6.04. The van der Waals surface area contributed by atoms with Gasteiger partial charge in [0.1, 0.15) is 12.2 Å². The van der Waals surface area contributed by atoms with Gasteiger partial charge in [-0.1, -0.05) is 0 Å². The van der Waals surface area contributed by atoms with Crippen LogP contribution < -0.4 is 5.32 Å². The Morgan fingerprint density at radius 2 is 2.17 bits per heavy atom. The van der Waals surface area contributed by atoms with Gasteiger partial charge in [-0.05, 0) is 32.5 Å². The standard InChI is InChI=1S/C12H18N6/c1-9(2)18-12(14-8-17-18)6-11(13-3)10-4-5-15-16-7-10/h4-5,7-9,11,13H,6H2,1-3H3. The summed E-state index contributed by atoms with van der Waals surface area (Å²) < 4.78 is 1.94. The Labute approximate surface area is 106 Å². The molecule has 96 valence electrons. The minimum Gasteiger partial charge on any atom is -0.313 e. The summed E-state index contributed by atoms with van der Waals surface area (Å²) in [7, 11) is 1.93. The average molecular weight is 246 g/mol. The molecule has 2 aromatic heterocycles. The second kappa shape index (κ2) is 5.68. The van der Waals surface area contributed by atoms with Gasteiger partial charge in [-0.3, -0.25) is 0 Å². The molecule has 0 bridgehead atoms. The van der Waals surface area contributed by atoms with Crippen LogP contribution in [0.5, 0.6) is 0 Å². The minimum absolute atomic E-state index is 0.169. The summed E-state index contributed by atoms with van der Waals surface area (Å²) in [6, 6.07) is 2.45. The molecule has 18 heavy (non-hydrogen) atoms. The number of rotatable bonds is 5. The lowest BCUT2D eigenvalue weighted by Crippen LogP contribution is -2.22. The van der Waals surface area contributed by atoms with E-state index in [1.54, 1.807) is 18.7 Å². The topological polar surface area (TPSA) is 68.5 Å². The van der Waals surface area contributed by atoms with Gasteiger partial charge in [-0.2, -0.15) is 15.3 Å². The Bertz CT molecular complexity index is 478. The highest BCUT2D eigenvalue weighted by Gasteiger charge is 2.15. The quantitative estimate of drug-likeness (QED) is 0.857. The lowest BCUT2D eigenvalue weighted by molar-refractivity contribution is 0.477. The summed E-state index contributed by atoms with van der Waals surface area (Å²) in [6.07, 6.45) is 5.86. The SMILES string of the molecule is CNC(Cc1ncnn1C(C)C)c1ccnnc1. The Balaban J connectivity index is 2.18. The zero-order valence-electron chi connectivity index (χ0n) is 10.9. The van der Waals surface area contributed by atoms with Crippen molar-refractivity contribution in [3.63, 3.8) is 0 Å². The molecule has 0 spiro atoms. The van der Waals surface area contributed by atoms with Crippen LogP contribution in [0.4, 0.5) is 0 Å². The number of hydrogen-bond acceptors (Lipinski definition) is 5. The van der Waals surface area contributed by atoms with Gasteiger partial charge in [-0.25, -0.2) is 9.67 Å². The van der Waals surface area contributed by atoms with E-state index in [4.69, 9.17) is 0 Å². The van der Waals surface area contributed by atoms with Gasteiger partial charge in [0.15, 0.2) is 0 Å². The maximum absolute atomic E-state index is 4.33. The number of nitrogens with zero attached hydrogens (tertiary/aromatic N) is 5. The van der Waals surface area contributed by atoms with E-state index in [-0.39, 0.29) is 6.04 Å². The summed E-state index contributed by atoms with van der Waals surface area (Å²) in [5.74, 6) is 0.973. The molecule has 0 amide bonds. The molecule has 0 aliphatic heterocycles. The van der Waals surface area contributed by atoms with Crippen LogP contribution in [0.3, 0.4) is 0 Å². The van der Waals surface area contributed by atoms with Crippen molar-refractivity contribution < 1.29 is 0 Å². The molecule has 2 heterocycles. The van der Waals surface area contributed by atoms with Crippen LogP contribution in [0.1, 0.15) is 37.3 Å². The van der Waals surface area contributed by atoms with Gasteiger partial charge in [0, 0.05) is 24.7 Å². The van der Waals surface area contributed by atoms with Crippen molar-refractivity contribution in [3.8, 4) is 0 Å². The van der Waals surface area contributed by atoms with E-state index in [1.807, 2.05) is 17.8 Å². The first kappa shape index (κ1) is 12.6. The second-order valence-electron chi connectivity index (χ2n) is 4.44. The molecule has 0 saturated heterocycles. The predicted octanol–water partition coefficient (Wildman–Crippen LogP) is 1.15. The van der Waals surface area contributed by atoms with Crippen molar-refractivity contribution in [3.05, 3.63) is 36.2 Å². The molecule has 0 aliphatic rings. The maximum Gasteiger partial charge on any atom is 0.138 e. The molecule has 1 N–H and O–H groups in total. The van der Waals surface area contributed by atoms with E-state index in [0.29, 0.717) is 6.04 Å². The average Bonchev–Trinajstić information content (AvgIpc) is 2.85. The van der Waals surface area contributed by atoms with Crippen molar-refractivity contribution >= 4 is 0 Å². The fourth-order valence-corrected chi connectivity index (χ4v) is 1.93. The summed E-state index contributed by atoms with van der Waals surface area (Å²) in [5.41, 5.74) is 1.10. The van der Waals surface area contributed by atoms with Crippen molar-refractivity contribution in [2.24, 2.45) is 0 Å². The molecule has 6 heteroatoms. The van der Waals surface area contributed by atoms with E-state index in [9.17, 15) is 0 Å². The fourth-order valence-electron chi connectivity index (χ4n) is 1.93. The van der Waals surface area contributed by atoms with E-state index >= 15 is 0 Å². The lowest BCUT2D eigenvalue weighted by atomic mass is 10.1. The minimum atomic E-state index is 0.169. The molecule has 2 rings (SSSR count). The third-order valence-corrected chi connectivity index (χ3v) is 2.88. The van der Waals surface area contributed by atoms with E-state index in [1.165, 1.54) is 0 Å². The van der Waals surface area contributed by atoms with Crippen LogP contribution >= 0.6 is 0 Å². The van der Waals surface area contributed by atoms with E-state index in [0.717, 1.165) is 17.8 Å². The molecule has 0 aliphatic carbocycles. The highest BCUT2D eigenvalue weighted by Crippen LogP contribution is 2.17. The Morgan fingerprint density at radius 1 is 1.33 bits per heavy atom. The van der Waals surface area contributed by atoms with E-state index < -0.39 is 0 Å². The first-order valence-corrected chi connectivity index (χ1v) is 6.04. The van der Waals surface area contributed by atoms with Gasteiger partial charge in [0.05, 0.1) is 6.20 Å². The molecule has 2 aromatic rings. The third kappa shape index (κ3) is 2.70. The highest BCUT2D eigenvalue weighted by atomic mass is 15.3. The Morgan fingerprint density at radius 3 is 2.78 bits per heavy atom. The molecule has 0 aromatic carbocycles. The second-order valence-corrected chi connectivity index (χ2v) is 4.44. The predicted molar refractivity (Wildman–Crippen MR) is 67.9 cm³/mol. The van der Waals surface area contributed by atoms with Crippen molar-refractivity contribution in [2.45, 2.75) is 32.4 Å². The molecule has 0 radical (unpaired) electrons. The van der Waals surface area contributed by atoms with Crippen molar-refractivity contribution in [1.82, 2.24) is 30.3 Å². The molecular formula is C12H18N6. The van der Waals surface area contributed by atoms with Gasteiger partial charge in [0.25, 0.3) is 0 Å². The van der Waals surface area contributed by atoms with Crippen molar-refractivity contribution in [2.75, 3.05) is 7.05 Å².